The molecule has 0 aliphatic carbocycles. The van der Waals surface area contributed by atoms with Gasteiger partial charge in [-0.3, -0.25) is 19.1 Å². The monoisotopic (exact) mass is 469 g/mol. The maximum atomic E-state index is 14.1. The third kappa shape index (κ3) is 3.27. The summed E-state index contributed by atoms with van der Waals surface area (Å²) >= 11 is 0. The molecule has 0 saturated heterocycles. The fourth-order valence-corrected chi connectivity index (χ4v) is 4.66. The van der Waals surface area contributed by atoms with Crippen LogP contribution in [0.2, 0.25) is 0 Å². The van der Waals surface area contributed by atoms with Gasteiger partial charge in [0.1, 0.15) is 17.2 Å². The first-order chi connectivity index (χ1) is 16.2. The maximum absolute atomic E-state index is 14.1. The van der Waals surface area contributed by atoms with E-state index in [0.717, 1.165) is 17.8 Å². The van der Waals surface area contributed by atoms with Crippen LogP contribution >= 0.6 is 0 Å². The SMILES string of the molecule is Cc1cc(F)c(CNC(=O)c2cn3c(c(O)c2=O)C(=O)N2CC3CCc3c2cnn3C)c(F)c1. The summed E-state index contributed by atoms with van der Waals surface area (Å²) in [6.07, 6.45) is 3.99. The number of aryl methyl sites for hydroxylation is 2. The lowest BCUT2D eigenvalue weighted by atomic mass is 10.0. The van der Waals surface area contributed by atoms with Gasteiger partial charge in [0.25, 0.3) is 11.8 Å². The average molecular weight is 469 g/mol. The number of hydrogen-bond donors (Lipinski definition) is 2. The Labute approximate surface area is 192 Å². The zero-order chi connectivity index (χ0) is 24.3. The molecular formula is C23H21F2N5O4. The van der Waals surface area contributed by atoms with E-state index in [9.17, 15) is 28.3 Å². The summed E-state index contributed by atoms with van der Waals surface area (Å²) in [5, 5.41) is 17.2. The molecule has 3 aromatic rings. The van der Waals surface area contributed by atoms with Crippen molar-refractivity contribution in [3.05, 3.63) is 74.5 Å². The third-order valence-corrected chi connectivity index (χ3v) is 6.45. The molecule has 4 heterocycles. The standard InChI is InChI=1S/C23H21F2N5O4/c1-11-5-15(24)13(16(25)6-11)7-26-22(33)14-10-29-12-3-4-17-18(8-27-28(17)2)30(9-12)23(34)19(29)21(32)20(14)31/h5-6,8,10,12,32H,3-4,7,9H2,1-2H3,(H,26,33). The summed E-state index contributed by atoms with van der Waals surface area (Å²) in [5.74, 6) is -3.96. The summed E-state index contributed by atoms with van der Waals surface area (Å²) in [6.45, 7) is 1.33. The molecule has 1 aromatic carbocycles. The van der Waals surface area contributed by atoms with E-state index in [4.69, 9.17) is 0 Å². The first kappa shape index (κ1) is 21.8. The van der Waals surface area contributed by atoms with Gasteiger partial charge in [0.05, 0.1) is 23.6 Å². The molecular weight excluding hydrogens is 448 g/mol. The largest absolute Gasteiger partial charge is 0.503 e. The minimum absolute atomic E-state index is 0.204. The first-order valence-corrected chi connectivity index (χ1v) is 10.7. The number of hydrogen-bond acceptors (Lipinski definition) is 5. The van der Waals surface area contributed by atoms with Gasteiger partial charge in [0.2, 0.25) is 5.43 Å². The van der Waals surface area contributed by atoms with Crippen LogP contribution < -0.4 is 15.6 Å². The number of halogens is 2. The molecule has 0 fully saturated rings. The van der Waals surface area contributed by atoms with Crippen molar-refractivity contribution in [3.8, 4) is 5.75 Å². The van der Waals surface area contributed by atoms with Crippen LogP contribution in [0.1, 0.15) is 50.1 Å². The third-order valence-electron chi connectivity index (χ3n) is 6.45. The van der Waals surface area contributed by atoms with Crippen molar-refractivity contribution in [2.75, 3.05) is 11.4 Å². The molecule has 0 saturated carbocycles. The lowest BCUT2D eigenvalue weighted by molar-refractivity contribution is 0.0929. The van der Waals surface area contributed by atoms with Crippen LogP contribution in [0.4, 0.5) is 14.5 Å². The topological polar surface area (TPSA) is 109 Å². The Hall–Kier alpha value is -4.02. The lowest BCUT2D eigenvalue weighted by Crippen LogP contribution is -2.44. The molecule has 2 bridgehead atoms. The van der Waals surface area contributed by atoms with Crippen LogP contribution in [-0.4, -0.2) is 37.8 Å². The van der Waals surface area contributed by atoms with Gasteiger partial charge in [-0.15, -0.1) is 0 Å². The fourth-order valence-electron chi connectivity index (χ4n) is 4.66. The normalized spacial score (nSPS) is 16.6. The smallest absolute Gasteiger partial charge is 0.279 e. The quantitative estimate of drug-likeness (QED) is 0.610. The maximum Gasteiger partial charge on any atom is 0.279 e. The van der Waals surface area contributed by atoms with Gasteiger partial charge in [-0.25, -0.2) is 8.78 Å². The average Bonchev–Trinajstić information content (AvgIpc) is 3.04. The molecule has 0 radical (unpaired) electrons. The van der Waals surface area contributed by atoms with E-state index in [1.165, 1.54) is 22.6 Å². The number of amides is 2. The number of nitrogens with zero attached hydrogens (tertiary/aromatic N) is 4. The Morgan fingerprint density at radius 1 is 1.26 bits per heavy atom. The summed E-state index contributed by atoms with van der Waals surface area (Å²) in [4.78, 5) is 40.3. The summed E-state index contributed by atoms with van der Waals surface area (Å²) in [5.41, 5.74) is -0.134. The number of carbonyl (C=O) groups is 2. The van der Waals surface area contributed by atoms with Crippen molar-refractivity contribution in [1.82, 2.24) is 19.7 Å². The summed E-state index contributed by atoms with van der Waals surface area (Å²) < 4.78 is 31.4. The second-order valence-electron chi connectivity index (χ2n) is 8.57. The van der Waals surface area contributed by atoms with E-state index in [0.29, 0.717) is 24.1 Å². The van der Waals surface area contributed by atoms with Gasteiger partial charge < -0.3 is 19.9 Å². The molecule has 1 atom stereocenters. The number of carbonyl (C=O) groups excluding carboxylic acids is 2. The zero-order valence-corrected chi connectivity index (χ0v) is 18.4. The molecule has 11 heteroatoms. The van der Waals surface area contributed by atoms with Crippen molar-refractivity contribution in [3.63, 3.8) is 0 Å². The second kappa shape index (κ2) is 7.79. The highest BCUT2D eigenvalue weighted by molar-refractivity contribution is 6.08. The highest BCUT2D eigenvalue weighted by Gasteiger charge is 2.39. The Morgan fingerprint density at radius 2 is 1.97 bits per heavy atom. The molecule has 2 aliphatic rings. The van der Waals surface area contributed by atoms with Gasteiger partial charge in [-0.2, -0.15) is 5.10 Å². The molecule has 5 rings (SSSR count). The van der Waals surface area contributed by atoms with Crippen LogP contribution in [0.3, 0.4) is 0 Å². The van der Waals surface area contributed by atoms with Crippen molar-refractivity contribution >= 4 is 17.5 Å². The molecule has 176 valence electrons. The van der Waals surface area contributed by atoms with Crippen LogP contribution in [-0.2, 0) is 20.0 Å². The van der Waals surface area contributed by atoms with Gasteiger partial charge in [-0.1, -0.05) is 0 Å². The van der Waals surface area contributed by atoms with Crippen LogP contribution in [0.25, 0.3) is 0 Å². The Balaban J connectivity index is 1.50. The summed E-state index contributed by atoms with van der Waals surface area (Å²) in [6, 6.07) is 1.98. The van der Waals surface area contributed by atoms with Gasteiger partial charge in [0.15, 0.2) is 11.4 Å². The highest BCUT2D eigenvalue weighted by Crippen LogP contribution is 2.37. The van der Waals surface area contributed by atoms with E-state index in [2.05, 4.69) is 10.4 Å². The molecule has 34 heavy (non-hydrogen) atoms. The number of fused-ring (bicyclic) bond motifs is 6. The highest BCUT2D eigenvalue weighted by atomic mass is 19.1. The predicted molar refractivity (Wildman–Crippen MR) is 117 cm³/mol. The van der Waals surface area contributed by atoms with Crippen molar-refractivity contribution in [2.45, 2.75) is 32.4 Å². The number of aromatic hydroxyl groups is 1. The van der Waals surface area contributed by atoms with Crippen molar-refractivity contribution in [2.24, 2.45) is 7.05 Å². The van der Waals surface area contributed by atoms with E-state index in [1.807, 2.05) is 0 Å². The minimum Gasteiger partial charge on any atom is -0.503 e. The molecule has 2 aromatic heterocycles. The van der Waals surface area contributed by atoms with Crippen LogP contribution in [0.15, 0.2) is 29.3 Å². The van der Waals surface area contributed by atoms with Gasteiger partial charge in [-0.05, 0) is 37.5 Å². The van der Waals surface area contributed by atoms with Crippen LogP contribution in [0, 0.1) is 18.6 Å². The van der Waals surface area contributed by atoms with Gasteiger partial charge in [0, 0.05) is 31.9 Å². The Morgan fingerprint density at radius 3 is 2.68 bits per heavy atom. The second-order valence-corrected chi connectivity index (χ2v) is 8.57. The number of benzene rings is 1. The predicted octanol–water partition coefficient (Wildman–Crippen LogP) is 1.95. The van der Waals surface area contributed by atoms with E-state index < -0.39 is 46.7 Å². The van der Waals surface area contributed by atoms with E-state index in [-0.39, 0.29) is 23.8 Å². The van der Waals surface area contributed by atoms with Gasteiger partial charge >= 0.3 is 0 Å². The Bertz CT molecular complexity index is 1400. The fraction of sp³-hybridized carbons (Fsp3) is 0.304. The number of nitrogens with one attached hydrogen (secondary N) is 1. The lowest BCUT2D eigenvalue weighted by Gasteiger charge is -2.34. The number of aromatic nitrogens is 3. The molecule has 1 unspecified atom stereocenters. The zero-order valence-electron chi connectivity index (χ0n) is 18.4. The van der Waals surface area contributed by atoms with E-state index >= 15 is 0 Å². The summed E-state index contributed by atoms with van der Waals surface area (Å²) in [7, 11) is 1.77. The molecule has 0 spiro atoms. The molecule has 2 aliphatic heterocycles. The molecule has 2 N–H and O–H groups in total. The van der Waals surface area contributed by atoms with E-state index in [1.54, 1.807) is 17.9 Å². The number of anilines is 1. The number of rotatable bonds is 3. The molecule has 9 nitrogen and oxygen atoms in total. The van der Waals surface area contributed by atoms with Crippen molar-refractivity contribution in [1.29, 1.82) is 0 Å². The first-order valence-electron chi connectivity index (χ1n) is 10.7. The minimum atomic E-state index is -1.03. The number of pyridine rings is 1. The van der Waals surface area contributed by atoms with Crippen molar-refractivity contribution < 1.29 is 23.5 Å². The molecule has 2 amide bonds. The Kier molecular flexibility index (Phi) is 4.99. The van der Waals surface area contributed by atoms with Crippen LogP contribution in [0.5, 0.6) is 5.75 Å².